The average Bonchev–Trinajstić information content (AvgIpc) is 3.49. The number of hydrogen-bond acceptors (Lipinski definition) is 9. The summed E-state index contributed by atoms with van der Waals surface area (Å²) in [5.74, 6) is 0.499. The number of pyridine rings is 1. The molecule has 1 spiro atoms. The smallest absolute Gasteiger partial charge is 0.320 e. The zero-order chi connectivity index (χ0) is 25.4. The van der Waals surface area contributed by atoms with Gasteiger partial charge in [0, 0.05) is 43.8 Å². The number of aromatic nitrogens is 3. The standard InChI is InChI=1S/C25H30N8O3/c1-3-20(34)32-15-25(16-32)8-11-31(14-25)21-18(12-26)22(33-10-5-7-19(27)23(33)35)29-24(28-21)36-13-17-6-4-9-30(17)2/h3,5,7,10,17H,1,4,6,8-9,11,13-16,27H2,2H3/t17-/m0/s1. The molecule has 0 aliphatic carbocycles. The third-order valence-corrected chi connectivity index (χ3v) is 7.52. The van der Waals surface area contributed by atoms with E-state index in [-0.39, 0.29) is 40.4 Å². The van der Waals surface area contributed by atoms with Crippen molar-refractivity contribution in [3.63, 3.8) is 0 Å². The largest absolute Gasteiger partial charge is 0.462 e. The first kappa shape index (κ1) is 23.8. The number of likely N-dealkylation sites (tertiary alicyclic amines) is 2. The van der Waals surface area contributed by atoms with E-state index in [1.807, 2.05) is 4.90 Å². The molecule has 3 aliphatic rings. The lowest BCUT2D eigenvalue weighted by atomic mass is 9.79. The Hall–Kier alpha value is -3.91. The number of nitrogens with zero attached hydrogens (tertiary/aromatic N) is 7. The molecule has 0 saturated carbocycles. The quantitative estimate of drug-likeness (QED) is 0.583. The van der Waals surface area contributed by atoms with E-state index in [4.69, 9.17) is 10.5 Å². The van der Waals surface area contributed by atoms with Gasteiger partial charge in [-0.2, -0.15) is 15.2 Å². The molecule has 0 unspecified atom stereocenters. The van der Waals surface area contributed by atoms with Gasteiger partial charge in [0.05, 0.1) is 5.69 Å². The third kappa shape index (κ3) is 4.18. The number of rotatable bonds is 6. The van der Waals surface area contributed by atoms with E-state index < -0.39 is 5.56 Å². The topological polar surface area (TPSA) is 134 Å². The number of anilines is 2. The van der Waals surface area contributed by atoms with Crippen LogP contribution in [0.5, 0.6) is 6.01 Å². The maximum Gasteiger partial charge on any atom is 0.320 e. The third-order valence-electron chi connectivity index (χ3n) is 7.52. The van der Waals surface area contributed by atoms with Crippen LogP contribution in [-0.2, 0) is 4.79 Å². The van der Waals surface area contributed by atoms with Crippen LogP contribution in [-0.4, -0.2) is 82.7 Å². The minimum Gasteiger partial charge on any atom is -0.462 e. The summed E-state index contributed by atoms with van der Waals surface area (Å²) in [5.41, 5.74) is 5.59. The Balaban J connectivity index is 1.50. The van der Waals surface area contributed by atoms with Gasteiger partial charge in [0.1, 0.15) is 18.2 Å². The molecule has 2 N–H and O–H groups in total. The van der Waals surface area contributed by atoms with Crippen LogP contribution in [0.2, 0.25) is 0 Å². The van der Waals surface area contributed by atoms with Crippen molar-refractivity contribution >= 4 is 17.4 Å². The minimum atomic E-state index is -0.462. The molecule has 36 heavy (non-hydrogen) atoms. The van der Waals surface area contributed by atoms with Crippen molar-refractivity contribution in [2.75, 3.05) is 57.0 Å². The lowest BCUT2D eigenvalue weighted by molar-refractivity contribution is -0.136. The van der Waals surface area contributed by atoms with Crippen molar-refractivity contribution in [1.82, 2.24) is 24.3 Å². The second kappa shape index (κ2) is 9.28. The fraction of sp³-hybridized carbons (Fsp3) is 0.480. The van der Waals surface area contributed by atoms with E-state index in [1.54, 1.807) is 11.0 Å². The number of carbonyl (C=O) groups excluding carboxylic acids is 1. The molecule has 3 fully saturated rings. The molecule has 1 atom stereocenters. The summed E-state index contributed by atoms with van der Waals surface area (Å²) in [6, 6.07) is 5.73. The molecule has 11 nitrogen and oxygen atoms in total. The van der Waals surface area contributed by atoms with E-state index in [0.29, 0.717) is 38.6 Å². The van der Waals surface area contributed by atoms with Gasteiger partial charge < -0.3 is 25.2 Å². The van der Waals surface area contributed by atoms with Crippen LogP contribution in [0.4, 0.5) is 11.5 Å². The highest BCUT2D eigenvalue weighted by molar-refractivity contribution is 5.87. The molecule has 5 rings (SSSR count). The number of carbonyl (C=O) groups is 1. The Morgan fingerprint density at radius 1 is 1.33 bits per heavy atom. The molecule has 0 radical (unpaired) electrons. The molecule has 11 heteroatoms. The number of likely N-dealkylation sites (N-methyl/N-ethyl adjacent to an activating group) is 1. The number of nitrogens with two attached hydrogens (primary N) is 1. The van der Waals surface area contributed by atoms with Gasteiger partial charge >= 0.3 is 6.01 Å². The number of amides is 1. The van der Waals surface area contributed by atoms with E-state index in [1.165, 1.54) is 22.9 Å². The van der Waals surface area contributed by atoms with Crippen molar-refractivity contribution in [1.29, 1.82) is 5.26 Å². The Morgan fingerprint density at radius 2 is 2.11 bits per heavy atom. The maximum absolute atomic E-state index is 12.8. The van der Waals surface area contributed by atoms with Gasteiger partial charge in [-0.15, -0.1) is 0 Å². The zero-order valence-corrected chi connectivity index (χ0v) is 20.4. The SMILES string of the molecule is C=CC(=O)N1CC2(CCN(c3nc(OC[C@@H]4CCCN4C)nc(-n4cccc(N)c4=O)c3C#N)C2)C1. The Kier molecular flexibility index (Phi) is 6.14. The second-order valence-electron chi connectivity index (χ2n) is 9.94. The Labute approximate surface area is 209 Å². The average molecular weight is 491 g/mol. The van der Waals surface area contributed by atoms with Gasteiger partial charge in [-0.25, -0.2) is 0 Å². The molecule has 2 aromatic rings. The predicted molar refractivity (Wildman–Crippen MR) is 134 cm³/mol. The van der Waals surface area contributed by atoms with Crippen LogP contribution in [0.3, 0.4) is 0 Å². The minimum absolute atomic E-state index is 0.0539. The van der Waals surface area contributed by atoms with E-state index in [9.17, 15) is 14.9 Å². The summed E-state index contributed by atoms with van der Waals surface area (Å²) in [4.78, 5) is 40.0. The van der Waals surface area contributed by atoms with E-state index in [0.717, 1.165) is 25.8 Å². The van der Waals surface area contributed by atoms with Crippen molar-refractivity contribution < 1.29 is 9.53 Å². The lowest BCUT2D eigenvalue weighted by Crippen LogP contribution is -2.59. The monoisotopic (exact) mass is 490 g/mol. The van der Waals surface area contributed by atoms with Crippen LogP contribution in [0, 0.1) is 16.7 Å². The van der Waals surface area contributed by atoms with Crippen LogP contribution in [0.25, 0.3) is 5.82 Å². The molecule has 3 saturated heterocycles. The fourth-order valence-corrected chi connectivity index (χ4v) is 5.45. The van der Waals surface area contributed by atoms with Crippen LogP contribution in [0.1, 0.15) is 24.8 Å². The van der Waals surface area contributed by atoms with Crippen molar-refractivity contribution in [3.05, 3.63) is 46.9 Å². The fourth-order valence-electron chi connectivity index (χ4n) is 5.45. The van der Waals surface area contributed by atoms with Gasteiger partial charge in [-0.05, 0) is 51.1 Å². The highest BCUT2D eigenvalue weighted by atomic mass is 16.5. The van der Waals surface area contributed by atoms with Gasteiger partial charge in [-0.1, -0.05) is 6.58 Å². The first-order valence-electron chi connectivity index (χ1n) is 12.1. The molecular formula is C25H30N8O3. The summed E-state index contributed by atoms with van der Waals surface area (Å²) < 4.78 is 7.31. The van der Waals surface area contributed by atoms with Crippen LogP contribution in [0.15, 0.2) is 35.8 Å². The Morgan fingerprint density at radius 3 is 2.81 bits per heavy atom. The predicted octanol–water partition coefficient (Wildman–Crippen LogP) is 0.779. The van der Waals surface area contributed by atoms with E-state index in [2.05, 4.69) is 34.6 Å². The maximum atomic E-state index is 12.8. The number of ether oxygens (including phenoxy) is 1. The number of hydrogen-bond donors (Lipinski definition) is 1. The van der Waals surface area contributed by atoms with Crippen LogP contribution >= 0.6 is 0 Å². The summed E-state index contributed by atoms with van der Waals surface area (Å²) in [5, 5.41) is 10.1. The molecular weight excluding hydrogens is 460 g/mol. The number of nitriles is 1. The van der Waals surface area contributed by atoms with E-state index >= 15 is 0 Å². The Bertz CT molecular complexity index is 1290. The van der Waals surface area contributed by atoms with Gasteiger partial charge in [0.15, 0.2) is 11.6 Å². The summed E-state index contributed by atoms with van der Waals surface area (Å²) >= 11 is 0. The van der Waals surface area contributed by atoms with Crippen molar-refractivity contribution in [3.8, 4) is 17.9 Å². The highest BCUT2D eigenvalue weighted by Gasteiger charge is 2.49. The van der Waals surface area contributed by atoms with Gasteiger partial charge in [-0.3, -0.25) is 14.2 Å². The molecule has 1 amide bonds. The van der Waals surface area contributed by atoms with Crippen LogP contribution < -0.4 is 20.9 Å². The summed E-state index contributed by atoms with van der Waals surface area (Å²) in [6.45, 7) is 7.57. The van der Waals surface area contributed by atoms with Gasteiger partial charge in [0.2, 0.25) is 5.91 Å². The van der Waals surface area contributed by atoms with Crippen molar-refractivity contribution in [2.24, 2.45) is 5.41 Å². The first-order valence-corrected chi connectivity index (χ1v) is 12.1. The summed E-state index contributed by atoms with van der Waals surface area (Å²) in [7, 11) is 2.06. The number of nitrogen functional groups attached to an aromatic ring is 1. The molecule has 5 heterocycles. The molecule has 0 aromatic carbocycles. The molecule has 3 aliphatic heterocycles. The van der Waals surface area contributed by atoms with Crippen molar-refractivity contribution in [2.45, 2.75) is 25.3 Å². The molecule has 0 bridgehead atoms. The van der Waals surface area contributed by atoms with Gasteiger partial charge in [0.25, 0.3) is 5.56 Å². The lowest BCUT2D eigenvalue weighted by Gasteiger charge is -2.47. The highest BCUT2D eigenvalue weighted by Crippen LogP contribution is 2.42. The second-order valence-corrected chi connectivity index (χ2v) is 9.94. The summed E-state index contributed by atoms with van der Waals surface area (Å²) in [6.07, 6.45) is 5.86. The normalized spacial score (nSPS) is 20.8. The molecule has 188 valence electrons. The molecule has 2 aromatic heterocycles. The zero-order valence-electron chi connectivity index (χ0n) is 20.4. The first-order chi connectivity index (χ1) is 17.3.